The van der Waals surface area contributed by atoms with Gasteiger partial charge in [-0.15, -0.1) is 0 Å². The molecule has 1 aromatic heterocycles. The summed E-state index contributed by atoms with van der Waals surface area (Å²) >= 11 is 2.04. The van der Waals surface area contributed by atoms with Crippen LogP contribution in [0.3, 0.4) is 0 Å². The quantitative estimate of drug-likeness (QED) is 0.853. The van der Waals surface area contributed by atoms with Gasteiger partial charge in [0.05, 0.1) is 0 Å². The van der Waals surface area contributed by atoms with Crippen molar-refractivity contribution in [2.75, 3.05) is 31.1 Å². The van der Waals surface area contributed by atoms with Crippen molar-refractivity contribution >= 4 is 17.7 Å². The third-order valence-electron chi connectivity index (χ3n) is 4.97. The standard InChI is InChI=1S/C16H26N4O2S/c1-13-18-15(22-19-13)5-4-14(21)17-12-16(6-2-3-7-16)20-8-10-23-11-9-20/h2-12H2,1H3,(H,17,21). The second kappa shape index (κ2) is 7.66. The Balaban J connectivity index is 1.49. The van der Waals surface area contributed by atoms with Crippen LogP contribution in [-0.2, 0) is 11.2 Å². The highest BCUT2D eigenvalue weighted by atomic mass is 32.2. The zero-order chi connectivity index (χ0) is 16.1. The molecule has 23 heavy (non-hydrogen) atoms. The van der Waals surface area contributed by atoms with Crippen LogP contribution in [0, 0.1) is 6.92 Å². The first-order valence-corrected chi connectivity index (χ1v) is 9.72. The molecule has 7 heteroatoms. The lowest BCUT2D eigenvalue weighted by atomic mass is 9.94. The lowest BCUT2D eigenvalue weighted by Crippen LogP contribution is -2.56. The number of thioether (sulfide) groups is 1. The first kappa shape index (κ1) is 16.8. The zero-order valence-electron chi connectivity index (χ0n) is 13.8. The minimum absolute atomic E-state index is 0.0820. The minimum Gasteiger partial charge on any atom is -0.354 e. The molecule has 1 N–H and O–H groups in total. The molecule has 0 unspecified atom stereocenters. The van der Waals surface area contributed by atoms with Gasteiger partial charge in [0.2, 0.25) is 11.8 Å². The van der Waals surface area contributed by atoms with Gasteiger partial charge in [-0.3, -0.25) is 9.69 Å². The van der Waals surface area contributed by atoms with Crippen molar-refractivity contribution in [3.63, 3.8) is 0 Å². The Labute approximate surface area is 141 Å². The van der Waals surface area contributed by atoms with E-state index in [1.165, 1.54) is 37.2 Å². The molecule has 3 rings (SSSR count). The normalized spacial score (nSPS) is 21.4. The molecule has 2 aliphatic rings. The van der Waals surface area contributed by atoms with Crippen LogP contribution in [0.15, 0.2) is 4.52 Å². The Morgan fingerprint density at radius 1 is 1.35 bits per heavy atom. The molecule has 0 atom stereocenters. The highest BCUT2D eigenvalue weighted by molar-refractivity contribution is 7.99. The molecule has 1 aliphatic heterocycles. The number of amides is 1. The Morgan fingerprint density at radius 3 is 2.74 bits per heavy atom. The maximum Gasteiger partial charge on any atom is 0.227 e. The van der Waals surface area contributed by atoms with E-state index in [4.69, 9.17) is 4.52 Å². The molecular formula is C16H26N4O2S. The summed E-state index contributed by atoms with van der Waals surface area (Å²) in [6.07, 6.45) is 5.90. The van der Waals surface area contributed by atoms with Gasteiger partial charge in [-0.1, -0.05) is 18.0 Å². The number of hydrogen-bond acceptors (Lipinski definition) is 6. The van der Waals surface area contributed by atoms with Gasteiger partial charge >= 0.3 is 0 Å². The van der Waals surface area contributed by atoms with Crippen LogP contribution in [0.4, 0.5) is 0 Å². The van der Waals surface area contributed by atoms with Gasteiger partial charge in [0.25, 0.3) is 0 Å². The Hall–Kier alpha value is -1.08. The van der Waals surface area contributed by atoms with Crippen molar-refractivity contribution < 1.29 is 9.32 Å². The Morgan fingerprint density at radius 2 is 2.09 bits per heavy atom. The van der Waals surface area contributed by atoms with E-state index in [1.807, 2.05) is 11.8 Å². The fourth-order valence-electron chi connectivity index (χ4n) is 3.69. The Kier molecular flexibility index (Phi) is 5.58. The Bertz CT molecular complexity index is 522. The van der Waals surface area contributed by atoms with E-state index >= 15 is 0 Å². The van der Waals surface area contributed by atoms with E-state index in [0.29, 0.717) is 24.6 Å². The maximum absolute atomic E-state index is 12.2. The number of aromatic nitrogens is 2. The smallest absolute Gasteiger partial charge is 0.227 e. The molecule has 6 nitrogen and oxygen atoms in total. The lowest BCUT2D eigenvalue weighted by Gasteiger charge is -2.43. The van der Waals surface area contributed by atoms with Crippen LogP contribution in [0.1, 0.15) is 43.8 Å². The molecule has 2 fully saturated rings. The molecule has 0 radical (unpaired) electrons. The van der Waals surface area contributed by atoms with Crippen molar-refractivity contribution in [3.8, 4) is 0 Å². The molecule has 0 aromatic carbocycles. The van der Waals surface area contributed by atoms with Gasteiger partial charge < -0.3 is 9.84 Å². The van der Waals surface area contributed by atoms with Crippen LogP contribution in [0.5, 0.6) is 0 Å². The number of nitrogens with one attached hydrogen (secondary N) is 1. The second-order valence-corrected chi connectivity index (χ2v) is 7.77. The molecule has 128 valence electrons. The summed E-state index contributed by atoms with van der Waals surface area (Å²) in [6.45, 7) is 4.87. The van der Waals surface area contributed by atoms with Gasteiger partial charge in [-0.05, 0) is 19.8 Å². The predicted octanol–water partition coefficient (Wildman–Crippen LogP) is 1.79. The third kappa shape index (κ3) is 4.26. The fourth-order valence-corrected chi connectivity index (χ4v) is 4.59. The number of carbonyl (C=O) groups excluding carboxylic acids is 1. The van der Waals surface area contributed by atoms with Crippen LogP contribution >= 0.6 is 11.8 Å². The molecule has 1 aromatic rings. The minimum atomic E-state index is 0.0820. The van der Waals surface area contributed by atoms with Crippen LogP contribution < -0.4 is 5.32 Å². The van der Waals surface area contributed by atoms with Crippen LogP contribution in [0.2, 0.25) is 0 Å². The summed E-state index contributed by atoms with van der Waals surface area (Å²) in [7, 11) is 0. The van der Waals surface area contributed by atoms with E-state index in [9.17, 15) is 4.79 Å². The number of aryl methyl sites for hydroxylation is 2. The van der Waals surface area contributed by atoms with Gasteiger partial charge in [0.1, 0.15) is 0 Å². The number of carbonyl (C=O) groups is 1. The van der Waals surface area contributed by atoms with Crippen molar-refractivity contribution in [3.05, 3.63) is 11.7 Å². The lowest BCUT2D eigenvalue weighted by molar-refractivity contribution is -0.121. The fraction of sp³-hybridized carbons (Fsp3) is 0.812. The van der Waals surface area contributed by atoms with Crippen molar-refractivity contribution in [1.82, 2.24) is 20.4 Å². The third-order valence-corrected chi connectivity index (χ3v) is 5.91. The first-order chi connectivity index (χ1) is 11.2. The van der Waals surface area contributed by atoms with E-state index in [-0.39, 0.29) is 11.4 Å². The molecule has 1 amide bonds. The molecule has 1 saturated carbocycles. The largest absolute Gasteiger partial charge is 0.354 e. The molecule has 0 spiro atoms. The van der Waals surface area contributed by atoms with E-state index in [2.05, 4.69) is 20.4 Å². The highest BCUT2D eigenvalue weighted by Gasteiger charge is 2.40. The number of nitrogens with zero attached hydrogens (tertiary/aromatic N) is 3. The average Bonchev–Trinajstić information content (AvgIpc) is 3.22. The van der Waals surface area contributed by atoms with Gasteiger partial charge in [-0.2, -0.15) is 16.7 Å². The van der Waals surface area contributed by atoms with Gasteiger partial charge in [0, 0.05) is 49.5 Å². The van der Waals surface area contributed by atoms with E-state index in [1.54, 1.807) is 6.92 Å². The first-order valence-electron chi connectivity index (χ1n) is 8.57. The molecular weight excluding hydrogens is 312 g/mol. The second-order valence-electron chi connectivity index (χ2n) is 6.54. The van der Waals surface area contributed by atoms with Crippen LogP contribution in [0.25, 0.3) is 0 Å². The number of hydrogen-bond donors (Lipinski definition) is 1. The molecule has 2 heterocycles. The summed E-state index contributed by atoms with van der Waals surface area (Å²) in [5.74, 6) is 3.67. The van der Waals surface area contributed by atoms with Crippen molar-refractivity contribution in [1.29, 1.82) is 0 Å². The SMILES string of the molecule is Cc1noc(CCC(=O)NCC2(N3CCSCC3)CCCC2)n1. The van der Waals surface area contributed by atoms with Crippen molar-refractivity contribution in [2.24, 2.45) is 0 Å². The zero-order valence-corrected chi connectivity index (χ0v) is 14.7. The monoisotopic (exact) mass is 338 g/mol. The van der Waals surface area contributed by atoms with E-state index < -0.39 is 0 Å². The van der Waals surface area contributed by atoms with E-state index in [0.717, 1.165) is 19.6 Å². The summed E-state index contributed by atoms with van der Waals surface area (Å²) in [5, 5.41) is 6.91. The summed E-state index contributed by atoms with van der Waals surface area (Å²) in [6, 6.07) is 0. The molecule has 1 aliphatic carbocycles. The average molecular weight is 338 g/mol. The van der Waals surface area contributed by atoms with Crippen molar-refractivity contribution in [2.45, 2.75) is 51.0 Å². The van der Waals surface area contributed by atoms with Gasteiger partial charge in [-0.25, -0.2) is 0 Å². The topological polar surface area (TPSA) is 71.3 Å². The van der Waals surface area contributed by atoms with Crippen LogP contribution in [-0.4, -0.2) is 57.6 Å². The predicted molar refractivity (Wildman–Crippen MR) is 90.5 cm³/mol. The summed E-state index contributed by atoms with van der Waals surface area (Å²) in [4.78, 5) is 18.9. The summed E-state index contributed by atoms with van der Waals surface area (Å²) < 4.78 is 5.06. The molecule has 1 saturated heterocycles. The highest BCUT2D eigenvalue weighted by Crippen LogP contribution is 2.36. The maximum atomic E-state index is 12.2. The summed E-state index contributed by atoms with van der Waals surface area (Å²) in [5.41, 5.74) is 0.192. The number of rotatable bonds is 6. The molecule has 0 bridgehead atoms. The van der Waals surface area contributed by atoms with Gasteiger partial charge in [0.15, 0.2) is 5.82 Å².